The van der Waals surface area contributed by atoms with Crippen molar-refractivity contribution in [3.63, 3.8) is 0 Å². The van der Waals surface area contributed by atoms with Gasteiger partial charge in [-0.1, -0.05) is 38.1 Å². The molecule has 1 aliphatic heterocycles. The van der Waals surface area contributed by atoms with Crippen molar-refractivity contribution in [3.8, 4) is 0 Å². The summed E-state index contributed by atoms with van der Waals surface area (Å²) >= 11 is 0. The zero-order valence-corrected chi connectivity index (χ0v) is 11.1. The lowest BCUT2D eigenvalue weighted by molar-refractivity contribution is -0.00992. The van der Waals surface area contributed by atoms with E-state index in [0.29, 0.717) is 0 Å². The lowest BCUT2D eigenvalue weighted by Gasteiger charge is -2.41. The van der Waals surface area contributed by atoms with Crippen LogP contribution in [0.15, 0.2) is 24.3 Å². The fraction of sp³-hybridized carbons (Fsp3) is 0.600. The molecule has 0 fully saturated rings. The Balaban J connectivity index is 2.42. The molecule has 0 aliphatic carbocycles. The summed E-state index contributed by atoms with van der Waals surface area (Å²) in [6.07, 6.45) is 1.63. The van der Waals surface area contributed by atoms with Gasteiger partial charge < -0.3 is 10.0 Å². The minimum atomic E-state index is -0.565. The molecule has 1 unspecified atom stereocenters. The van der Waals surface area contributed by atoms with Gasteiger partial charge in [-0.3, -0.25) is 0 Å². The predicted molar refractivity (Wildman–Crippen MR) is 71.0 cm³/mol. The highest BCUT2D eigenvalue weighted by molar-refractivity contribution is 5.34. The van der Waals surface area contributed by atoms with Gasteiger partial charge in [0.15, 0.2) is 0 Å². The van der Waals surface area contributed by atoms with Crippen molar-refractivity contribution < 1.29 is 5.11 Å². The number of benzene rings is 1. The minimum Gasteiger partial charge on any atom is -0.389 e. The highest BCUT2D eigenvalue weighted by Gasteiger charge is 2.38. The first-order valence-corrected chi connectivity index (χ1v) is 6.59. The van der Waals surface area contributed by atoms with Crippen LogP contribution in [0.2, 0.25) is 0 Å². The highest BCUT2D eigenvalue weighted by atomic mass is 16.3. The molecule has 0 saturated heterocycles. The number of fused-ring (bicyclic) bond motifs is 1. The number of likely N-dealkylation sites (N-methyl/N-ethyl adjacent to an activating group) is 1. The van der Waals surface area contributed by atoms with Crippen molar-refractivity contribution in [3.05, 3.63) is 35.4 Å². The molecule has 1 aromatic rings. The van der Waals surface area contributed by atoms with Crippen LogP contribution in [0.25, 0.3) is 0 Å². The molecule has 0 amide bonds. The van der Waals surface area contributed by atoms with Gasteiger partial charge in [0.1, 0.15) is 0 Å². The van der Waals surface area contributed by atoms with Gasteiger partial charge in [0.25, 0.3) is 0 Å². The van der Waals surface area contributed by atoms with Gasteiger partial charge in [-0.25, -0.2) is 0 Å². The molecule has 1 aromatic carbocycles. The number of hydrogen-bond acceptors (Lipinski definition) is 2. The third kappa shape index (κ3) is 2.24. The second kappa shape index (κ2) is 4.79. The maximum absolute atomic E-state index is 10.8. The van der Waals surface area contributed by atoms with Gasteiger partial charge >= 0.3 is 0 Å². The maximum atomic E-state index is 10.8. The van der Waals surface area contributed by atoms with E-state index in [9.17, 15) is 5.11 Å². The number of hydrogen-bond donors (Lipinski definition) is 1. The molecule has 2 nitrogen and oxygen atoms in total. The molecule has 1 aliphatic rings. The molecular formula is C15H23NO. The van der Waals surface area contributed by atoms with E-state index in [1.807, 2.05) is 0 Å². The molecule has 1 atom stereocenters. The Kier molecular flexibility index (Phi) is 3.55. The van der Waals surface area contributed by atoms with Crippen LogP contribution in [-0.2, 0) is 6.54 Å². The van der Waals surface area contributed by atoms with Gasteiger partial charge in [-0.15, -0.1) is 0 Å². The summed E-state index contributed by atoms with van der Waals surface area (Å²) in [5.41, 5.74) is 2.15. The van der Waals surface area contributed by atoms with Crippen LogP contribution in [0.5, 0.6) is 0 Å². The van der Waals surface area contributed by atoms with Crippen LogP contribution >= 0.6 is 0 Å². The van der Waals surface area contributed by atoms with Crippen LogP contribution in [-0.4, -0.2) is 29.2 Å². The van der Waals surface area contributed by atoms with Gasteiger partial charge in [0.05, 0.1) is 5.60 Å². The molecule has 2 heteroatoms. The molecule has 0 bridgehead atoms. The summed E-state index contributed by atoms with van der Waals surface area (Å²) in [5, 5.41) is 10.8. The van der Waals surface area contributed by atoms with E-state index in [4.69, 9.17) is 0 Å². The first-order chi connectivity index (χ1) is 8.10. The van der Waals surface area contributed by atoms with Crippen molar-refractivity contribution in [2.45, 2.75) is 44.8 Å². The van der Waals surface area contributed by atoms with Crippen molar-refractivity contribution in [2.24, 2.45) is 0 Å². The van der Waals surface area contributed by atoms with E-state index >= 15 is 0 Å². The Labute approximate surface area is 104 Å². The molecule has 0 aromatic heterocycles. The van der Waals surface area contributed by atoms with Crippen LogP contribution in [0.1, 0.15) is 43.7 Å². The van der Waals surface area contributed by atoms with Gasteiger partial charge in [0, 0.05) is 19.0 Å². The van der Waals surface area contributed by atoms with Gasteiger partial charge in [-0.05, 0) is 31.0 Å². The van der Waals surface area contributed by atoms with E-state index in [-0.39, 0.29) is 5.92 Å². The zero-order chi connectivity index (χ0) is 12.5. The third-order valence-electron chi connectivity index (χ3n) is 4.24. The van der Waals surface area contributed by atoms with Crippen LogP contribution < -0.4 is 0 Å². The smallest absolute Gasteiger partial charge is 0.0723 e. The summed E-state index contributed by atoms with van der Waals surface area (Å²) < 4.78 is 0. The molecule has 0 spiro atoms. The average molecular weight is 233 g/mol. The Bertz CT molecular complexity index is 384. The molecule has 1 N–H and O–H groups in total. The van der Waals surface area contributed by atoms with Crippen molar-refractivity contribution >= 4 is 0 Å². The largest absolute Gasteiger partial charge is 0.389 e. The fourth-order valence-electron chi connectivity index (χ4n) is 2.99. The Hall–Kier alpha value is -0.860. The second-order valence-electron chi connectivity index (χ2n) is 5.26. The maximum Gasteiger partial charge on any atom is 0.0723 e. The first kappa shape index (κ1) is 12.6. The molecule has 0 radical (unpaired) electrons. The van der Waals surface area contributed by atoms with Crippen LogP contribution in [0.4, 0.5) is 0 Å². The van der Waals surface area contributed by atoms with Crippen molar-refractivity contribution in [1.82, 2.24) is 4.90 Å². The van der Waals surface area contributed by atoms with Crippen LogP contribution in [0, 0.1) is 0 Å². The standard InChI is InChI=1S/C15H23NO/c1-4-15(17,5-2)14-11-16(3)10-12-8-6-7-9-13(12)14/h6-9,14,17H,4-5,10-11H2,1-3H3. The fourth-order valence-corrected chi connectivity index (χ4v) is 2.99. The summed E-state index contributed by atoms with van der Waals surface area (Å²) in [6, 6.07) is 8.54. The van der Waals surface area contributed by atoms with Crippen molar-refractivity contribution in [1.29, 1.82) is 0 Å². The molecular weight excluding hydrogens is 210 g/mol. The van der Waals surface area contributed by atoms with E-state index < -0.39 is 5.60 Å². The number of nitrogens with zero attached hydrogens (tertiary/aromatic N) is 1. The minimum absolute atomic E-state index is 0.243. The lowest BCUT2D eigenvalue weighted by Crippen LogP contribution is -2.44. The summed E-state index contributed by atoms with van der Waals surface area (Å²) in [6.45, 7) is 6.12. The number of aliphatic hydroxyl groups is 1. The Morgan fingerprint density at radius 2 is 1.94 bits per heavy atom. The summed E-state index contributed by atoms with van der Waals surface area (Å²) in [7, 11) is 2.13. The highest BCUT2D eigenvalue weighted by Crippen LogP contribution is 2.38. The molecule has 2 rings (SSSR count). The second-order valence-corrected chi connectivity index (χ2v) is 5.26. The van der Waals surface area contributed by atoms with Gasteiger partial charge in [-0.2, -0.15) is 0 Å². The summed E-state index contributed by atoms with van der Waals surface area (Å²) in [5.74, 6) is 0.243. The SMILES string of the molecule is CCC(O)(CC)C1CN(C)Cc2ccccc21. The third-order valence-corrected chi connectivity index (χ3v) is 4.24. The monoisotopic (exact) mass is 233 g/mol. The lowest BCUT2D eigenvalue weighted by atomic mass is 9.75. The van der Waals surface area contributed by atoms with Crippen LogP contribution in [0.3, 0.4) is 0 Å². The van der Waals surface area contributed by atoms with E-state index in [2.05, 4.69) is 50.1 Å². The van der Waals surface area contributed by atoms with Crippen molar-refractivity contribution in [2.75, 3.05) is 13.6 Å². The first-order valence-electron chi connectivity index (χ1n) is 6.59. The number of rotatable bonds is 3. The van der Waals surface area contributed by atoms with E-state index in [1.165, 1.54) is 11.1 Å². The Morgan fingerprint density at radius 3 is 2.59 bits per heavy atom. The molecule has 17 heavy (non-hydrogen) atoms. The zero-order valence-electron chi connectivity index (χ0n) is 11.1. The molecule has 94 valence electrons. The quantitative estimate of drug-likeness (QED) is 0.867. The van der Waals surface area contributed by atoms with E-state index in [1.54, 1.807) is 0 Å². The van der Waals surface area contributed by atoms with Gasteiger partial charge in [0.2, 0.25) is 0 Å². The van der Waals surface area contributed by atoms with E-state index in [0.717, 1.165) is 25.9 Å². The topological polar surface area (TPSA) is 23.5 Å². The predicted octanol–water partition coefficient (Wildman–Crippen LogP) is 2.77. The normalized spacial score (nSPS) is 21.3. The molecule has 0 saturated carbocycles. The summed E-state index contributed by atoms with van der Waals surface area (Å²) in [4.78, 5) is 2.31. The molecule has 1 heterocycles. The Morgan fingerprint density at radius 1 is 1.29 bits per heavy atom. The average Bonchev–Trinajstić information content (AvgIpc) is 2.36.